The van der Waals surface area contributed by atoms with Crippen molar-refractivity contribution in [2.75, 3.05) is 14.1 Å². The number of fused-ring (bicyclic) bond motifs is 3. The van der Waals surface area contributed by atoms with Crippen molar-refractivity contribution in [3.05, 3.63) is 35.5 Å². The van der Waals surface area contributed by atoms with E-state index in [0.29, 0.717) is 6.04 Å². The zero-order valence-electron chi connectivity index (χ0n) is 12.4. The van der Waals surface area contributed by atoms with Crippen LogP contribution >= 0.6 is 12.4 Å². The summed E-state index contributed by atoms with van der Waals surface area (Å²) in [5, 5.41) is 10.4. The maximum Gasteiger partial charge on any atom is 0.323 e. The van der Waals surface area contributed by atoms with Gasteiger partial charge in [0.2, 0.25) is 0 Å². The van der Waals surface area contributed by atoms with Gasteiger partial charge in [0.1, 0.15) is 6.54 Å². The Morgan fingerprint density at radius 2 is 2.10 bits per heavy atom. The molecular weight excluding hydrogens is 288 g/mol. The molecule has 0 radical (unpaired) electrons. The lowest BCUT2D eigenvalue weighted by molar-refractivity contribution is -0.137. The predicted molar refractivity (Wildman–Crippen MR) is 86.3 cm³/mol. The Morgan fingerprint density at radius 1 is 1.38 bits per heavy atom. The van der Waals surface area contributed by atoms with Gasteiger partial charge >= 0.3 is 5.97 Å². The van der Waals surface area contributed by atoms with Crippen molar-refractivity contribution < 1.29 is 9.90 Å². The summed E-state index contributed by atoms with van der Waals surface area (Å²) in [6, 6.07) is 8.71. The van der Waals surface area contributed by atoms with Crippen molar-refractivity contribution in [2.45, 2.75) is 31.8 Å². The second kappa shape index (κ2) is 6.08. The first-order chi connectivity index (χ1) is 9.58. The first-order valence-corrected chi connectivity index (χ1v) is 7.05. The van der Waals surface area contributed by atoms with Crippen molar-refractivity contribution in [2.24, 2.45) is 0 Å². The Kier molecular flexibility index (Phi) is 4.59. The van der Waals surface area contributed by atoms with Crippen LogP contribution in [-0.2, 0) is 24.2 Å². The minimum absolute atomic E-state index is 0. The molecule has 1 unspecified atom stereocenters. The van der Waals surface area contributed by atoms with Crippen LogP contribution < -0.4 is 0 Å². The van der Waals surface area contributed by atoms with Gasteiger partial charge in [0, 0.05) is 22.6 Å². The number of para-hydroxylation sites is 1. The number of carboxylic acid groups (broad SMARTS) is 1. The summed E-state index contributed by atoms with van der Waals surface area (Å²) in [5.41, 5.74) is 3.61. The van der Waals surface area contributed by atoms with E-state index in [-0.39, 0.29) is 19.0 Å². The average molecular weight is 309 g/mol. The van der Waals surface area contributed by atoms with E-state index in [2.05, 4.69) is 25.1 Å². The van der Waals surface area contributed by atoms with Gasteiger partial charge in [-0.1, -0.05) is 18.2 Å². The molecule has 0 fully saturated rings. The lowest BCUT2D eigenvalue weighted by atomic mass is 9.91. The van der Waals surface area contributed by atoms with E-state index in [1.54, 1.807) is 0 Å². The van der Waals surface area contributed by atoms with Gasteiger partial charge in [0.25, 0.3) is 0 Å². The Bertz CT molecular complexity index is 664. The molecule has 3 rings (SSSR count). The molecule has 1 N–H and O–H groups in total. The third kappa shape index (κ3) is 2.78. The molecule has 1 aromatic carbocycles. The number of benzene rings is 1. The predicted octanol–water partition coefficient (Wildman–Crippen LogP) is 2.57. The van der Waals surface area contributed by atoms with Crippen LogP contribution in [0.2, 0.25) is 0 Å². The molecule has 1 aliphatic carbocycles. The summed E-state index contributed by atoms with van der Waals surface area (Å²) >= 11 is 0. The summed E-state index contributed by atoms with van der Waals surface area (Å²) in [4.78, 5) is 13.4. The molecule has 4 nitrogen and oxygen atoms in total. The molecule has 0 amide bonds. The normalized spacial score (nSPS) is 17.6. The molecule has 0 bridgehead atoms. The maximum absolute atomic E-state index is 11.1. The van der Waals surface area contributed by atoms with E-state index < -0.39 is 5.97 Å². The van der Waals surface area contributed by atoms with E-state index in [1.165, 1.54) is 16.6 Å². The lowest BCUT2D eigenvalue weighted by Gasteiger charge is -2.29. The summed E-state index contributed by atoms with van der Waals surface area (Å²) in [6.07, 6.45) is 3.06. The molecule has 5 heteroatoms. The van der Waals surface area contributed by atoms with E-state index >= 15 is 0 Å². The van der Waals surface area contributed by atoms with E-state index in [0.717, 1.165) is 24.8 Å². The second-order valence-electron chi connectivity index (χ2n) is 5.78. The van der Waals surface area contributed by atoms with Gasteiger partial charge in [-0.25, -0.2) is 0 Å². The number of carbonyl (C=O) groups is 1. The summed E-state index contributed by atoms with van der Waals surface area (Å²) in [7, 11) is 4.23. The summed E-state index contributed by atoms with van der Waals surface area (Å²) < 4.78 is 1.98. The number of rotatable bonds is 3. The van der Waals surface area contributed by atoms with Crippen LogP contribution in [0.15, 0.2) is 24.3 Å². The van der Waals surface area contributed by atoms with E-state index in [1.807, 2.05) is 22.8 Å². The van der Waals surface area contributed by atoms with Crippen LogP contribution in [-0.4, -0.2) is 40.7 Å². The highest BCUT2D eigenvalue weighted by atomic mass is 35.5. The quantitative estimate of drug-likeness (QED) is 0.948. The molecule has 21 heavy (non-hydrogen) atoms. The third-order valence-electron chi connectivity index (χ3n) is 4.37. The van der Waals surface area contributed by atoms with Crippen molar-refractivity contribution in [3.63, 3.8) is 0 Å². The molecule has 114 valence electrons. The summed E-state index contributed by atoms with van der Waals surface area (Å²) in [5.74, 6) is -0.775. The topological polar surface area (TPSA) is 45.5 Å². The fraction of sp³-hybridized carbons (Fsp3) is 0.438. The van der Waals surface area contributed by atoms with Gasteiger partial charge in [-0.15, -0.1) is 12.4 Å². The van der Waals surface area contributed by atoms with E-state index in [9.17, 15) is 4.79 Å². The van der Waals surface area contributed by atoms with Gasteiger partial charge in [-0.3, -0.25) is 4.79 Å². The number of aliphatic carboxylic acids is 1. The van der Waals surface area contributed by atoms with Gasteiger partial charge < -0.3 is 14.6 Å². The number of hydrogen-bond donors (Lipinski definition) is 1. The maximum atomic E-state index is 11.1. The SMILES string of the molecule is CN(C)C1CCc2c(c3ccccc3n2CC(=O)O)C1.Cl. The largest absolute Gasteiger partial charge is 0.480 e. The Labute approximate surface area is 130 Å². The fourth-order valence-corrected chi connectivity index (χ4v) is 3.34. The van der Waals surface area contributed by atoms with Crippen LogP contribution in [0, 0.1) is 0 Å². The number of likely N-dealkylation sites (N-methyl/N-ethyl adjacent to an activating group) is 1. The zero-order chi connectivity index (χ0) is 14.3. The second-order valence-corrected chi connectivity index (χ2v) is 5.78. The van der Waals surface area contributed by atoms with Gasteiger partial charge in [-0.05, 0) is 45.0 Å². The highest BCUT2D eigenvalue weighted by Gasteiger charge is 2.26. The lowest BCUT2D eigenvalue weighted by Crippen LogP contribution is -2.33. The van der Waals surface area contributed by atoms with Crippen molar-refractivity contribution >= 4 is 29.3 Å². The number of halogens is 1. The van der Waals surface area contributed by atoms with Crippen molar-refractivity contribution in [1.29, 1.82) is 0 Å². The number of hydrogen-bond acceptors (Lipinski definition) is 2. The standard InChI is InChI=1S/C16H20N2O2.ClH/c1-17(2)11-7-8-15-13(9-11)12-5-3-4-6-14(12)18(15)10-16(19)20;/h3-6,11H,7-10H2,1-2H3,(H,19,20);1H. The number of aromatic nitrogens is 1. The van der Waals surface area contributed by atoms with Gasteiger partial charge in [-0.2, -0.15) is 0 Å². The molecule has 0 saturated heterocycles. The minimum Gasteiger partial charge on any atom is -0.480 e. The molecule has 1 heterocycles. The first-order valence-electron chi connectivity index (χ1n) is 7.05. The molecule has 0 aliphatic heterocycles. The first kappa shape index (κ1) is 15.9. The van der Waals surface area contributed by atoms with Crippen LogP contribution in [0.5, 0.6) is 0 Å². The Balaban J connectivity index is 0.00000161. The van der Waals surface area contributed by atoms with Crippen LogP contribution in [0.1, 0.15) is 17.7 Å². The molecule has 1 atom stereocenters. The van der Waals surface area contributed by atoms with E-state index in [4.69, 9.17) is 5.11 Å². The number of nitrogens with zero attached hydrogens (tertiary/aromatic N) is 2. The molecule has 2 aromatic rings. The molecular formula is C16H21ClN2O2. The highest BCUT2D eigenvalue weighted by molar-refractivity contribution is 5.87. The average Bonchev–Trinajstić information content (AvgIpc) is 2.73. The Hall–Kier alpha value is -1.52. The zero-order valence-corrected chi connectivity index (χ0v) is 13.2. The minimum atomic E-state index is -0.775. The third-order valence-corrected chi connectivity index (χ3v) is 4.37. The number of carboxylic acids is 1. The Morgan fingerprint density at radius 3 is 2.76 bits per heavy atom. The molecule has 0 saturated carbocycles. The fourth-order valence-electron chi connectivity index (χ4n) is 3.34. The van der Waals surface area contributed by atoms with Crippen molar-refractivity contribution in [3.8, 4) is 0 Å². The van der Waals surface area contributed by atoms with Crippen LogP contribution in [0.4, 0.5) is 0 Å². The van der Waals surface area contributed by atoms with Crippen molar-refractivity contribution in [1.82, 2.24) is 9.47 Å². The van der Waals surface area contributed by atoms with Gasteiger partial charge in [0.05, 0.1) is 0 Å². The summed E-state index contributed by atoms with van der Waals surface area (Å²) in [6.45, 7) is 0.0580. The highest BCUT2D eigenvalue weighted by Crippen LogP contribution is 2.33. The monoisotopic (exact) mass is 308 g/mol. The molecule has 1 aromatic heterocycles. The van der Waals surface area contributed by atoms with Crippen LogP contribution in [0.25, 0.3) is 10.9 Å². The molecule has 0 spiro atoms. The smallest absolute Gasteiger partial charge is 0.323 e. The van der Waals surface area contributed by atoms with Crippen LogP contribution in [0.3, 0.4) is 0 Å². The van der Waals surface area contributed by atoms with Gasteiger partial charge in [0.15, 0.2) is 0 Å². The molecule has 1 aliphatic rings.